The monoisotopic (exact) mass is 443 g/mol. The number of fused-ring (bicyclic) bond motifs is 1. The Bertz CT molecular complexity index is 1060. The first-order valence-electron chi connectivity index (χ1n) is 10.6. The van der Waals surface area contributed by atoms with E-state index in [9.17, 15) is 13.2 Å². The van der Waals surface area contributed by atoms with Gasteiger partial charge in [0.2, 0.25) is 10.0 Å². The van der Waals surface area contributed by atoms with Crippen LogP contribution in [0.5, 0.6) is 5.75 Å². The number of benzene rings is 2. The predicted octanol–water partition coefficient (Wildman–Crippen LogP) is 2.43. The molecule has 7 nitrogen and oxygen atoms in total. The van der Waals surface area contributed by atoms with Crippen LogP contribution in [0.3, 0.4) is 0 Å². The summed E-state index contributed by atoms with van der Waals surface area (Å²) in [5, 5.41) is 2.90. The van der Waals surface area contributed by atoms with Gasteiger partial charge in [-0.2, -0.15) is 0 Å². The molecule has 0 aliphatic carbocycles. The quantitative estimate of drug-likeness (QED) is 0.742. The Morgan fingerprint density at radius 2 is 1.87 bits per heavy atom. The van der Waals surface area contributed by atoms with Gasteiger partial charge in [0.15, 0.2) is 6.10 Å². The van der Waals surface area contributed by atoms with E-state index in [1.807, 2.05) is 25.1 Å². The van der Waals surface area contributed by atoms with Gasteiger partial charge in [-0.05, 0) is 61.7 Å². The van der Waals surface area contributed by atoms with Crippen molar-refractivity contribution in [3.8, 4) is 5.75 Å². The summed E-state index contributed by atoms with van der Waals surface area (Å²) < 4.78 is 31.7. The molecule has 2 aromatic carbocycles. The van der Waals surface area contributed by atoms with Crippen LogP contribution in [0, 0.1) is 6.92 Å². The molecule has 2 aliphatic rings. The highest BCUT2D eigenvalue weighted by molar-refractivity contribution is 7.92. The molecule has 1 amide bonds. The average molecular weight is 444 g/mol. The predicted molar refractivity (Wildman–Crippen MR) is 121 cm³/mol. The summed E-state index contributed by atoms with van der Waals surface area (Å²) in [7, 11) is -3.54. The molecular weight excluding hydrogens is 414 g/mol. The van der Waals surface area contributed by atoms with Crippen LogP contribution >= 0.6 is 0 Å². The largest absolute Gasteiger partial charge is 0.476 e. The van der Waals surface area contributed by atoms with E-state index in [0.29, 0.717) is 18.0 Å². The Balaban J connectivity index is 1.42. The van der Waals surface area contributed by atoms with Gasteiger partial charge in [-0.15, -0.1) is 0 Å². The number of carbonyl (C=O) groups excluding carboxylic acids is 1. The first kappa shape index (κ1) is 21.6. The molecule has 4 rings (SSSR count). The van der Waals surface area contributed by atoms with Crippen LogP contribution < -0.4 is 14.4 Å². The van der Waals surface area contributed by atoms with Crippen molar-refractivity contribution in [2.75, 3.05) is 30.2 Å². The maximum absolute atomic E-state index is 12.8. The highest BCUT2D eigenvalue weighted by atomic mass is 32.2. The van der Waals surface area contributed by atoms with Crippen LogP contribution in [0.15, 0.2) is 42.5 Å². The first-order valence-corrected chi connectivity index (χ1v) is 12.5. The molecule has 0 spiro atoms. The highest BCUT2D eigenvalue weighted by Gasteiger charge is 2.35. The van der Waals surface area contributed by atoms with Crippen LogP contribution in [0.2, 0.25) is 0 Å². The number of aryl methyl sites for hydroxylation is 1. The third-order valence-electron chi connectivity index (χ3n) is 5.74. The van der Waals surface area contributed by atoms with Gasteiger partial charge in [-0.1, -0.05) is 30.3 Å². The molecule has 0 bridgehead atoms. The molecule has 2 heterocycles. The number of anilines is 1. The lowest BCUT2D eigenvalue weighted by atomic mass is 10.1. The molecule has 0 radical (unpaired) electrons. The topological polar surface area (TPSA) is 79.0 Å². The zero-order valence-electron chi connectivity index (χ0n) is 18.0. The summed E-state index contributed by atoms with van der Waals surface area (Å²) in [5.41, 5.74) is 3.64. The molecule has 31 heavy (non-hydrogen) atoms. The van der Waals surface area contributed by atoms with Crippen molar-refractivity contribution in [1.29, 1.82) is 0 Å². The summed E-state index contributed by atoms with van der Waals surface area (Å²) in [6.07, 6.45) is 2.75. The zero-order chi connectivity index (χ0) is 22.0. The Morgan fingerprint density at radius 1 is 1.13 bits per heavy atom. The number of nitrogens with one attached hydrogen (secondary N) is 1. The van der Waals surface area contributed by atoms with Crippen LogP contribution in [0.1, 0.15) is 29.5 Å². The normalized spacial score (nSPS) is 19.0. The second-order valence-corrected chi connectivity index (χ2v) is 10.3. The lowest BCUT2D eigenvalue weighted by Crippen LogP contribution is -2.50. The number of sulfonamides is 1. The van der Waals surface area contributed by atoms with E-state index in [2.05, 4.69) is 22.3 Å². The molecule has 1 saturated heterocycles. The number of nitrogens with zero attached hydrogens (tertiary/aromatic N) is 2. The fourth-order valence-corrected chi connectivity index (χ4v) is 5.06. The van der Waals surface area contributed by atoms with Crippen molar-refractivity contribution in [3.63, 3.8) is 0 Å². The molecule has 0 saturated carbocycles. The number of hydrogen-bond donors (Lipinski definition) is 1. The fraction of sp³-hybridized carbons (Fsp3) is 0.435. The van der Waals surface area contributed by atoms with Crippen molar-refractivity contribution in [2.45, 2.75) is 39.0 Å². The lowest BCUT2D eigenvalue weighted by molar-refractivity contribution is -0.127. The molecule has 1 atom stereocenters. The molecule has 1 N–H and O–H groups in total. The van der Waals surface area contributed by atoms with Crippen LogP contribution in [-0.2, 0) is 27.9 Å². The zero-order valence-corrected chi connectivity index (χ0v) is 18.8. The second kappa shape index (κ2) is 8.88. The summed E-state index contributed by atoms with van der Waals surface area (Å²) in [6.45, 7) is 5.41. The van der Waals surface area contributed by atoms with Gasteiger partial charge in [-0.25, -0.2) is 8.42 Å². The fourth-order valence-electron chi connectivity index (χ4n) is 4.15. The van der Waals surface area contributed by atoms with Crippen molar-refractivity contribution in [2.24, 2.45) is 0 Å². The van der Waals surface area contributed by atoms with Crippen LogP contribution in [0.4, 0.5) is 5.69 Å². The van der Waals surface area contributed by atoms with E-state index in [1.165, 1.54) is 22.7 Å². The molecule has 2 aliphatic heterocycles. The van der Waals surface area contributed by atoms with E-state index in [0.717, 1.165) is 37.0 Å². The van der Waals surface area contributed by atoms with Crippen LogP contribution in [-0.4, -0.2) is 51.2 Å². The number of likely N-dealkylation sites (tertiary alicyclic amines) is 1. The molecule has 166 valence electrons. The molecular formula is C23H29N3O4S. The smallest absolute Gasteiger partial charge is 0.263 e. The van der Waals surface area contributed by atoms with Gasteiger partial charge in [0.05, 0.1) is 18.5 Å². The van der Waals surface area contributed by atoms with E-state index in [1.54, 1.807) is 12.1 Å². The van der Waals surface area contributed by atoms with Gasteiger partial charge >= 0.3 is 0 Å². The average Bonchev–Trinajstić information content (AvgIpc) is 3.23. The van der Waals surface area contributed by atoms with E-state index in [4.69, 9.17) is 4.74 Å². The van der Waals surface area contributed by atoms with E-state index in [-0.39, 0.29) is 12.5 Å². The highest BCUT2D eigenvalue weighted by Crippen LogP contribution is 2.35. The minimum Gasteiger partial charge on any atom is -0.476 e. The Morgan fingerprint density at radius 3 is 2.61 bits per heavy atom. The van der Waals surface area contributed by atoms with Gasteiger partial charge in [0.1, 0.15) is 5.75 Å². The minimum atomic E-state index is -3.54. The van der Waals surface area contributed by atoms with E-state index < -0.39 is 16.1 Å². The molecule has 2 aromatic rings. The third-order valence-corrected chi connectivity index (χ3v) is 6.89. The number of amides is 1. The summed E-state index contributed by atoms with van der Waals surface area (Å²) in [4.78, 5) is 15.3. The summed E-state index contributed by atoms with van der Waals surface area (Å²) in [5.74, 6) is 0.0693. The summed E-state index contributed by atoms with van der Waals surface area (Å²) in [6, 6.07) is 13.5. The minimum absolute atomic E-state index is 0.0455. The number of carbonyl (C=O) groups is 1. The Hall–Kier alpha value is -2.58. The standard InChI is InChI=1S/C23H29N3O4S/c1-17-8-9-21-20(12-17)26(31(2,28)29)16-22(30-21)23(27)24-14-18-6-5-7-19(13-18)15-25-10-3-4-11-25/h5-9,12-13,22H,3-4,10-11,14-16H2,1-2H3,(H,24,27). The van der Waals surface area contributed by atoms with Crippen LogP contribution in [0.25, 0.3) is 0 Å². The molecule has 0 aromatic heterocycles. The summed E-state index contributed by atoms with van der Waals surface area (Å²) >= 11 is 0. The van der Waals surface area contributed by atoms with Gasteiger partial charge in [0.25, 0.3) is 5.91 Å². The second-order valence-electron chi connectivity index (χ2n) is 8.39. The maximum atomic E-state index is 12.8. The van der Waals surface area contributed by atoms with Gasteiger partial charge in [-0.3, -0.25) is 14.0 Å². The SMILES string of the molecule is Cc1ccc2c(c1)N(S(C)(=O)=O)CC(C(=O)NCc1cccc(CN3CCCC3)c1)O2. The maximum Gasteiger partial charge on any atom is 0.263 e. The third kappa shape index (κ3) is 5.19. The van der Waals surface area contributed by atoms with E-state index >= 15 is 0 Å². The van der Waals surface area contributed by atoms with Crippen molar-refractivity contribution in [3.05, 3.63) is 59.2 Å². The van der Waals surface area contributed by atoms with Crippen molar-refractivity contribution < 1.29 is 17.9 Å². The molecule has 8 heteroatoms. The Kier molecular flexibility index (Phi) is 6.20. The van der Waals surface area contributed by atoms with Gasteiger partial charge < -0.3 is 10.1 Å². The lowest BCUT2D eigenvalue weighted by Gasteiger charge is -2.34. The molecule has 1 unspecified atom stereocenters. The Labute approximate surface area is 184 Å². The number of ether oxygens (including phenoxy) is 1. The van der Waals surface area contributed by atoms with Crippen molar-refractivity contribution >= 4 is 21.6 Å². The van der Waals surface area contributed by atoms with Gasteiger partial charge in [0, 0.05) is 13.1 Å². The number of hydrogen-bond acceptors (Lipinski definition) is 5. The molecule has 1 fully saturated rings. The van der Waals surface area contributed by atoms with Crippen molar-refractivity contribution in [1.82, 2.24) is 10.2 Å². The first-order chi connectivity index (χ1) is 14.8. The number of rotatable bonds is 6.